The molecule has 5 heteroatoms. The van der Waals surface area contributed by atoms with Crippen LogP contribution in [0.3, 0.4) is 0 Å². The van der Waals surface area contributed by atoms with E-state index in [0.717, 1.165) is 0 Å². The van der Waals surface area contributed by atoms with Gasteiger partial charge in [0.05, 0.1) is 12.0 Å². The molecule has 0 radical (unpaired) electrons. The second kappa shape index (κ2) is 5.57. The van der Waals surface area contributed by atoms with Crippen LogP contribution in [0.4, 0.5) is 13.2 Å². The molecule has 2 nitrogen and oxygen atoms in total. The summed E-state index contributed by atoms with van der Waals surface area (Å²) in [6.07, 6.45) is -4.22. The minimum Gasteiger partial charge on any atom is -0.393 e. The van der Waals surface area contributed by atoms with Crippen molar-refractivity contribution < 1.29 is 18.3 Å². The van der Waals surface area contributed by atoms with Crippen molar-refractivity contribution in [3.8, 4) is 0 Å². The molecule has 0 saturated heterocycles. The summed E-state index contributed by atoms with van der Waals surface area (Å²) >= 11 is 0. The fourth-order valence-electron chi connectivity index (χ4n) is 2.86. The molecule has 0 spiro atoms. The van der Waals surface area contributed by atoms with Crippen molar-refractivity contribution in [2.45, 2.75) is 64.4 Å². The predicted molar refractivity (Wildman–Crippen MR) is 60.7 cm³/mol. The number of aliphatic hydroxyl groups is 1. The maximum absolute atomic E-state index is 13.0. The van der Waals surface area contributed by atoms with Gasteiger partial charge in [-0.2, -0.15) is 13.2 Å². The lowest BCUT2D eigenvalue weighted by atomic mass is 9.81. The third-order valence-corrected chi connectivity index (χ3v) is 3.66. The van der Waals surface area contributed by atoms with Crippen LogP contribution in [-0.4, -0.2) is 40.9 Å². The quantitative estimate of drug-likeness (QED) is 0.836. The van der Waals surface area contributed by atoms with Crippen LogP contribution in [0.5, 0.6) is 0 Å². The van der Waals surface area contributed by atoms with Gasteiger partial charge in [-0.3, -0.25) is 4.90 Å². The van der Waals surface area contributed by atoms with E-state index in [-0.39, 0.29) is 25.3 Å². The van der Waals surface area contributed by atoms with Gasteiger partial charge in [-0.1, -0.05) is 6.92 Å². The fraction of sp³-hybridized carbons (Fsp3) is 1.00. The van der Waals surface area contributed by atoms with Gasteiger partial charge in [0.15, 0.2) is 0 Å². The van der Waals surface area contributed by atoms with Crippen molar-refractivity contribution in [2.24, 2.45) is 5.92 Å². The van der Waals surface area contributed by atoms with Crippen LogP contribution >= 0.6 is 0 Å². The molecule has 102 valence electrons. The Balaban J connectivity index is 2.88. The summed E-state index contributed by atoms with van der Waals surface area (Å²) in [4.78, 5) is 1.85. The lowest BCUT2D eigenvalue weighted by molar-refractivity contribution is -0.206. The molecule has 0 aromatic carbocycles. The van der Waals surface area contributed by atoms with Crippen LogP contribution < -0.4 is 0 Å². The van der Waals surface area contributed by atoms with Gasteiger partial charge in [-0.15, -0.1) is 0 Å². The highest BCUT2D eigenvalue weighted by molar-refractivity contribution is 4.91. The van der Waals surface area contributed by atoms with E-state index in [1.54, 1.807) is 0 Å². The van der Waals surface area contributed by atoms with Crippen molar-refractivity contribution in [1.29, 1.82) is 0 Å². The van der Waals surface area contributed by atoms with E-state index >= 15 is 0 Å². The first-order chi connectivity index (χ1) is 7.77. The molecular formula is C12H22F3NO. The van der Waals surface area contributed by atoms with Crippen molar-refractivity contribution in [1.82, 2.24) is 4.90 Å². The molecule has 1 N–H and O–H groups in total. The number of hydrogen-bond acceptors (Lipinski definition) is 2. The van der Waals surface area contributed by atoms with E-state index in [2.05, 4.69) is 0 Å². The smallest absolute Gasteiger partial charge is 0.393 e. The molecule has 0 bridgehead atoms. The minimum absolute atomic E-state index is 0.0402. The summed E-state index contributed by atoms with van der Waals surface area (Å²) in [7, 11) is 0. The van der Waals surface area contributed by atoms with Gasteiger partial charge in [0.25, 0.3) is 0 Å². The molecular weight excluding hydrogens is 231 g/mol. The number of aliphatic hydroxyl groups excluding tert-OH is 1. The molecule has 3 unspecified atom stereocenters. The van der Waals surface area contributed by atoms with E-state index in [1.165, 1.54) is 0 Å². The summed E-state index contributed by atoms with van der Waals surface area (Å²) in [6.45, 7) is 6.26. The van der Waals surface area contributed by atoms with Crippen LogP contribution in [-0.2, 0) is 0 Å². The third-order valence-electron chi connectivity index (χ3n) is 3.66. The molecule has 1 aliphatic rings. The summed E-state index contributed by atoms with van der Waals surface area (Å²) in [5, 5.41) is 9.60. The second-order valence-corrected chi connectivity index (χ2v) is 5.11. The van der Waals surface area contributed by atoms with Crippen molar-refractivity contribution >= 4 is 0 Å². The van der Waals surface area contributed by atoms with Crippen LogP contribution in [0.15, 0.2) is 0 Å². The number of nitrogens with zero attached hydrogens (tertiary/aromatic N) is 1. The highest BCUT2D eigenvalue weighted by atomic mass is 19.4. The highest BCUT2D eigenvalue weighted by Gasteiger charge is 2.49. The Morgan fingerprint density at radius 1 is 1.29 bits per heavy atom. The summed E-state index contributed by atoms with van der Waals surface area (Å²) in [6, 6.07) is -0.510. The van der Waals surface area contributed by atoms with Crippen LogP contribution in [0, 0.1) is 5.92 Å². The van der Waals surface area contributed by atoms with Crippen LogP contribution in [0.25, 0.3) is 0 Å². The Morgan fingerprint density at radius 2 is 1.88 bits per heavy atom. The monoisotopic (exact) mass is 253 g/mol. The zero-order chi connectivity index (χ0) is 13.2. The SMILES string of the molecule is CCN(C(C)C)C1CC(O)CCC1C(F)(F)F. The van der Waals surface area contributed by atoms with Gasteiger partial charge in [-0.05, 0) is 39.7 Å². The molecule has 0 aromatic rings. The van der Waals surface area contributed by atoms with E-state index in [1.807, 2.05) is 25.7 Å². The molecule has 1 fully saturated rings. The highest BCUT2D eigenvalue weighted by Crippen LogP contribution is 2.40. The maximum Gasteiger partial charge on any atom is 0.393 e. The lowest BCUT2D eigenvalue weighted by Gasteiger charge is -2.43. The largest absolute Gasteiger partial charge is 0.393 e. The number of halogens is 3. The van der Waals surface area contributed by atoms with E-state index in [0.29, 0.717) is 6.54 Å². The van der Waals surface area contributed by atoms with Gasteiger partial charge in [0.2, 0.25) is 0 Å². The standard InChI is InChI=1S/C12H22F3NO/c1-4-16(8(2)3)11-7-9(17)5-6-10(11)12(13,14)15/h8-11,17H,4-7H2,1-3H3. The molecule has 1 rings (SSSR count). The molecule has 17 heavy (non-hydrogen) atoms. The van der Waals surface area contributed by atoms with Gasteiger partial charge in [0, 0.05) is 12.1 Å². The number of rotatable bonds is 3. The summed E-state index contributed by atoms with van der Waals surface area (Å²) in [5.74, 6) is -1.30. The summed E-state index contributed by atoms with van der Waals surface area (Å²) in [5.41, 5.74) is 0. The molecule has 3 atom stereocenters. The Kier molecular flexibility index (Phi) is 4.84. The van der Waals surface area contributed by atoms with Gasteiger partial charge >= 0.3 is 6.18 Å². The molecule has 1 aliphatic carbocycles. The van der Waals surface area contributed by atoms with Crippen LogP contribution in [0.1, 0.15) is 40.0 Å². The van der Waals surface area contributed by atoms with Gasteiger partial charge in [0.1, 0.15) is 0 Å². The Bertz CT molecular complexity index is 242. The van der Waals surface area contributed by atoms with E-state index < -0.39 is 24.2 Å². The zero-order valence-corrected chi connectivity index (χ0v) is 10.7. The van der Waals surface area contributed by atoms with Crippen molar-refractivity contribution in [3.63, 3.8) is 0 Å². The zero-order valence-electron chi connectivity index (χ0n) is 10.7. The van der Waals surface area contributed by atoms with Crippen LogP contribution in [0.2, 0.25) is 0 Å². The maximum atomic E-state index is 13.0. The molecule has 0 amide bonds. The topological polar surface area (TPSA) is 23.5 Å². The Hall–Kier alpha value is -0.290. The fourth-order valence-corrected chi connectivity index (χ4v) is 2.86. The normalized spacial score (nSPS) is 31.2. The average Bonchev–Trinajstić information content (AvgIpc) is 2.16. The van der Waals surface area contributed by atoms with Crippen molar-refractivity contribution in [3.05, 3.63) is 0 Å². The van der Waals surface area contributed by atoms with Gasteiger partial charge in [-0.25, -0.2) is 0 Å². The molecule has 0 heterocycles. The third kappa shape index (κ3) is 3.58. The summed E-state index contributed by atoms with van der Waals surface area (Å²) < 4.78 is 38.9. The molecule has 0 aliphatic heterocycles. The first-order valence-corrected chi connectivity index (χ1v) is 6.27. The minimum atomic E-state index is -4.16. The van der Waals surface area contributed by atoms with Crippen molar-refractivity contribution in [2.75, 3.05) is 6.54 Å². The first-order valence-electron chi connectivity index (χ1n) is 6.27. The first kappa shape index (κ1) is 14.8. The van der Waals surface area contributed by atoms with E-state index in [9.17, 15) is 18.3 Å². The Morgan fingerprint density at radius 3 is 2.29 bits per heavy atom. The lowest BCUT2D eigenvalue weighted by Crippen LogP contribution is -2.52. The predicted octanol–water partition coefficient (Wildman–Crippen LogP) is 2.81. The molecule has 1 saturated carbocycles. The molecule has 0 aromatic heterocycles. The van der Waals surface area contributed by atoms with E-state index in [4.69, 9.17) is 0 Å². The number of alkyl halides is 3. The second-order valence-electron chi connectivity index (χ2n) is 5.11. The van der Waals surface area contributed by atoms with Gasteiger partial charge < -0.3 is 5.11 Å². The number of hydrogen-bond donors (Lipinski definition) is 1. The Labute approximate surface area is 101 Å². The average molecular weight is 253 g/mol.